The lowest BCUT2D eigenvalue weighted by atomic mass is 10.1. The summed E-state index contributed by atoms with van der Waals surface area (Å²) in [6.45, 7) is 0. The summed E-state index contributed by atoms with van der Waals surface area (Å²) < 4.78 is 0. The molecule has 2 rings (SSSR count). The van der Waals surface area contributed by atoms with Crippen LogP contribution in [0.3, 0.4) is 0 Å². The highest BCUT2D eigenvalue weighted by Gasteiger charge is 2.46. The van der Waals surface area contributed by atoms with Crippen LogP contribution >= 0.6 is 0 Å². The minimum Gasteiger partial charge on any atom is -0.506 e. The molecule has 1 fully saturated rings. The number of aromatic hydroxyl groups is 1. The molecule has 0 unspecified atom stereocenters. The van der Waals surface area contributed by atoms with Crippen LogP contribution in [0, 0.1) is 0 Å². The van der Waals surface area contributed by atoms with E-state index in [0.29, 0.717) is 12.8 Å². The van der Waals surface area contributed by atoms with Gasteiger partial charge in [0, 0.05) is 0 Å². The number of carbonyl (C=O) groups excluding carboxylic acids is 1. The lowest BCUT2D eigenvalue weighted by molar-refractivity contribution is -0.118. The minimum absolute atomic E-state index is 0.0139. The maximum absolute atomic E-state index is 11.6. The van der Waals surface area contributed by atoms with Crippen LogP contribution < -0.4 is 11.1 Å². The number of nitrogens with two attached hydrogens (primary N) is 1. The number of carbonyl (C=O) groups is 2. The van der Waals surface area contributed by atoms with Crippen LogP contribution in [0.25, 0.3) is 0 Å². The zero-order valence-corrected chi connectivity index (χ0v) is 8.93. The predicted octanol–water partition coefficient (Wildman–Crippen LogP) is 0.520. The molecular formula is C11H12N2O4. The second-order valence-corrected chi connectivity index (χ2v) is 4.15. The van der Waals surface area contributed by atoms with Crippen LogP contribution in [0.4, 0.5) is 5.69 Å². The van der Waals surface area contributed by atoms with Gasteiger partial charge >= 0.3 is 5.97 Å². The van der Waals surface area contributed by atoms with Crippen molar-refractivity contribution in [2.24, 2.45) is 5.73 Å². The number of nitrogens with one attached hydrogen (secondary N) is 1. The number of rotatable bonds is 3. The number of hydrogen-bond donors (Lipinski definition) is 4. The smallest absolute Gasteiger partial charge is 0.335 e. The second kappa shape index (κ2) is 3.74. The third-order valence-corrected chi connectivity index (χ3v) is 2.73. The Morgan fingerprint density at radius 1 is 1.35 bits per heavy atom. The fraction of sp³-hybridized carbons (Fsp3) is 0.273. The molecule has 1 aliphatic carbocycles. The molecule has 90 valence electrons. The van der Waals surface area contributed by atoms with Gasteiger partial charge in [-0.3, -0.25) is 4.79 Å². The SMILES string of the molecule is NC1(C(=O)Nc2cc(C(=O)O)ccc2O)CC1. The van der Waals surface area contributed by atoms with Gasteiger partial charge in [0.25, 0.3) is 0 Å². The fourth-order valence-electron chi connectivity index (χ4n) is 1.38. The Morgan fingerprint density at radius 3 is 2.53 bits per heavy atom. The maximum atomic E-state index is 11.6. The molecule has 1 aromatic rings. The summed E-state index contributed by atoms with van der Waals surface area (Å²) in [4.78, 5) is 22.4. The Labute approximate surface area is 97.1 Å². The van der Waals surface area contributed by atoms with Gasteiger partial charge in [-0.2, -0.15) is 0 Å². The Morgan fingerprint density at radius 2 is 2.00 bits per heavy atom. The van der Waals surface area contributed by atoms with E-state index < -0.39 is 17.4 Å². The Bertz CT molecular complexity index is 494. The zero-order valence-electron chi connectivity index (χ0n) is 8.93. The first-order valence-electron chi connectivity index (χ1n) is 5.09. The molecule has 17 heavy (non-hydrogen) atoms. The first kappa shape index (κ1) is 11.4. The molecule has 6 nitrogen and oxygen atoms in total. The van der Waals surface area contributed by atoms with Crippen molar-refractivity contribution in [2.45, 2.75) is 18.4 Å². The van der Waals surface area contributed by atoms with Crippen molar-refractivity contribution >= 4 is 17.6 Å². The molecule has 1 amide bonds. The summed E-state index contributed by atoms with van der Waals surface area (Å²) in [5.74, 6) is -1.72. The van der Waals surface area contributed by atoms with E-state index in [1.807, 2.05) is 0 Å². The Balaban J connectivity index is 2.22. The average Bonchev–Trinajstić information content (AvgIpc) is 3.00. The van der Waals surface area contributed by atoms with E-state index >= 15 is 0 Å². The highest BCUT2D eigenvalue weighted by Crippen LogP contribution is 2.34. The lowest BCUT2D eigenvalue weighted by Crippen LogP contribution is -2.37. The van der Waals surface area contributed by atoms with Gasteiger partial charge in [0.15, 0.2) is 0 Å². The lowest BCUT2D eigenvalue weighted by Gasteiger charge is -2.11. The second-order valence-electron chi connectivity index (χ2n) is 4.15. The summed E-state index contributed by atoms with van der Waals surface area (Å²) in [5.41, 5.74) is 4.85. The number of benzene rings is 1. The van der Waals surface area contributed by atoms with Crippen LogP contribution in [0.2, 0.25) is 0 Å². The van der Waals surface area contributed by atoms with Crippen molar-refractivity contribution in [3.05, 3.63) is 23.8 Å². The maximum Gasteiger partial charge on any atom is 0.335 e. The number of phenolic OH excluding ortho intramolecular Hbond substituents is 1. The molecule has 0 aliphatic heterocycles. The van der Waals surface area contributed by atoms with Gasteiger partial charge in [-0.15, -0.1) is 0 Å². The highest BCUT2D eigenvalue weighted by molar-refractivity contribution is 6.02. The summed E-state index contributed by atoms with van der Waals surface area (Å²) in [7, 11) is 0. The minimum atomic E-state index is -1.13. The Hall–Kier alpha value is -2.08. The van der Waals surface area contributed by atoms with Crippen LogP contribution in [-0.4, -0.2) is 27.6 Å². The van der Waals surface area contributed by atoms with Crippen molar-refractivity contribution in [1.29, 1.82) is 0 Å². The fourth-order valence-corrected chi connectivity index (χ4v) is 1.38. The first-order valence-corrected chi connectivity index (χ1v) is 5.09. The molecule has 0 heterocycles. The van der Waals surface area contributed by atoms with E-state index in [2.05, 4.69) is 5.32 Å². The quantitative estimate of drug-likeness (QED) is 0.571. The highest BCUT2D eigenvalue weighted by atomic mass is 16.4. The van der Waals surface area contributed by atoms with Crippen molar-refractivity contribution in [3.63, 3.8) is 0 Å². The Kier molecular flexibility index (Phi) is 2.51. The molecule has 6 heteroatoms. The van der Waals surface area contributed by atoms with Crippen molar-refractivity contribution in [2.75, 3.05) is 5.32 Å². The van der Waals surface area contributed by atoms with Crippen LogP contribution in [0.5, 0.6) is 5.75 Å². The number of anilines is 1. The van der Waals surface area contributed by atoms with Gasteiger partial charge < -0.3 is 21.3 Å². The summed E-state index contributed by atoms with van der Waals surface area (Å²) in [6, 6.07) is 3.67. The molecule has 0 spiro atoms. The number of carboxylic acids is 1. The molecule has 0 saturated heterocycles. The van der Waals surface area contributed by atoms with Gasteiger partial charge in [-0.05, 0) is 31.0 Å². The largest absolute Gasteiger partial charge is 0.506 e. The monoisotopic (exact) mass is 236 g/mol. The molecule has 1 aliphatic rings. The third kappa shape index (κ3) is 2.21. The molecule has 0 radical (unpaired) electrons. The third-order valence-electron chi connectivity index (χ3n) is 2.73. The first-order chi connectivity index (χ1) is 7.92. The molecule has 0 atom stereocenters. The predicted molar refractivity (Wildman–Crippen MR) is 59.8 cm³/mol. The van der Waals surface area contributed by atoms with Gasteiger partial charge in [-0.25, -0.2) is 4.79 Å². The van der Waals surface area contributed by atoms with Gasteiger partial charge in [0.05, 0.1) is 16.8 Å². The van der Waals surface area contributed by atoms with Crippen molar-refractivity contribution < 1.29 is 19.8 Å². The molecule has 5 N–H and O–H groups in total. The number of hydrogen-bond acceptors (Lipinski definition) is 4. The van der Waals surface area contributed by atoms with Crippen LogP contribution in [0.15, 0.2) is 18.2 Å². The number of aromatic carboxylic acids is 1. The number of amides is 1. The van der Waals surface area contributed by atoms with Crippen molar-refractivity contribution in [3.8, 4) is 5.75 Å². The topological polar surface area (TPSA) is 113 Å². The average molecular weight is 236 g/mol. The zero-order chi connectivity index (χ0) is 12.6. The van der Waals surface area contributed by atoms with E-state index in [1.54, 1.807) is 0 Å². The summed E-state index contributed by atoms with van der Waals surface area (Å²) in [5, 5.41) is 20.7. The van der Waals surface area contributed by atoms with E-state index in [4.69, 9.17) is 10.8 Å². The summed E-state index contributed by atoms with van der Waals surface area (Å²) >= 11 is 0. The summed E-state index contributed by atoms with van der Waals surface area (Å²) in [6.07, 6.45) is 1.19. The van der Waals surface area contributed by atoms with Gasteiger partial charge in [0.2, 0.25) is 5.91 Å². The standard InChI is InChI=1S/C11H12N2O4/c12-11(3-4-11)10(17)13-7-5-6(9(15)16)1-2-8(7)14/h1-2,5,14H,3-4,12H2,(H,13,17)(H,15,16). The van der Waals surface area contributed by atoms with Gasteiger partial charge in [-0.1, -0.05) is 0 Å². The number of phenols is 1. The normalized spacial score (nSPS) is 16.3. The van der Waals surface area contributed by atoms with Crippen LogP contribution in [-0.2, 0) is 4.79 Å². The van der Waals surface area contributed by atoms with Crippen LogP contribution in [0.1, 0.15) is 23.2 Å². The molecular weight excluding hydrogens is 224 g/mol. The molecule has 0 bridgehead atoms. The van der Waals surface area contributed by atoms with E-state index in [-0.39, 0.29) is 17.0 Å². The van der Waals surface area contributed by atoms with E-state index in [0.717, 1.165) is 0 Å². The molecule has 1 aromatic carbocycles. The van der Waals surface area contributed by atoms with Gasteiger partial charge in [0.1, 0.15) is 5.75 Å². The van der Waals surface area contributed by atoms with Crippen molar-refractivity contribution in [1.82, 2.24) is 0 Å². The molecule has 1 saturated carbocycles. The van der Waals surface area contributed by atoms with E-state index in [9.17, 15) is 14.7 Å². The number of carboxylic acid groups (broad SMARTS) is 1. The molecule has 0 aromatic heterocycles. The van der Waals surface area contributed by atoms with E-state index in [1.165, 1.54) is 18.2 Å².